The van der Waals surface area contributed by atoms with Gasteiger partial charge in [-0.25, -0.2) is 0 Å². The highest BCUT2D eigenvalue weighted by atomic mass is 16.6. The maximum atomic E-state index is 12.9. The third-order valence-corrected chi connectivity index (χ3v) is 4.79. The Labute approximate surface area is 152 Å². The van der Waals surface area contributed by atoms with Crippen molar-refractivity contribution in [3.8, 4) is 11.5 Å². The zero-order valence-corrected chi connectivity index (χ0v) is 15.0. The van der Waals surface area contributed by atoms with Crippen LogP contribution in [0.15, 0.2) is 36.4 Å². The fourth-order valence-corrected chi connectivity index (χ4v) is 3.77. The van der Waals surface area contributed by atoms with Crippen LogP contribution in [0.1, 0.15) is 23.1 Å². The normalized spacial score (nSPS) is 19.2. The fraction of sp³-hybridized carbons (Fsp3) is 0.333. The first kappa shape index (κ1) is 16.6. The van der Waals surface area contributed by atoms with Gasteiger partial charge in [0.2, 0.25) is 11.8 Å². The number of hydrogen-bond donors (Lipinski definition) is 0. The Balaban J connectivity index is 1.57. The Morgan fingerprint density at radius 2 is 1.65 bits per heavy atom. The number of fused-ring (bicyclic) bond motifs is 1. The van der Waals surface area contributed by atoms with Gasteiger partial charge in [0.25, 0.3) is 0 Å². The van der Waals surface area contributed by atoms with Crippen molar-refractivity contribution in [2.45, 2.75) is 26.7 Å². The minimum atomic E-state index is -0.322. The molecule has 2 amide bonds. The lowest BCUT2D eigenvalue weighted by molar-refractivity contribution is -0.122. The molecule has 0 aliphatic carbocycles. The summed E-state index contributed by atoms with van der Waals surface area (Å²) in [4.78, 5) is 26.7. The SMILES string of the molecule is Cc1cc(C)cc(C[C@H]2CC(=O)N(c3ccc4c(c3)OCCO4)C2=O)c1. The third-order valence-electron chi connectivity index (χ3n) is 4.79. The van der Waals surface area contributed by atoms with E-state index >= 15 is 0 Å². The van der Waals surface area contributed by atoms with Crippen LogP contribution in [0.2, 0.25) is 0 Å². The second-order valence-electron chi connectivity index (χ2n) is 7.00. The molecule has 26 heavy (non-hydrogen) atoms. The molecule has 2 heterocycles. The second-order valence-corrected chi connectivity index (χ2v) is 7.00. The summed E-state index contributed by atoms with van der Waals surface area (Å²) >= 11 is 0. The molecule has 0 spiro atoms. The summed E-state index contributed by atoms with van der Waals surface area (Å²) in [7, 11) is 0. The molecule has 2 aliphatic rings. The molecule has 1 fully saturated rings. The zero-order chi connectivity index (χ0) is 18.3. The molecule has 0 radical (unpaired) electrons. The Morgan fingerprint density at radius 1 is 0.962 bits per heavy atom. The number of nitrogens with zero attached hydrogens (tertiary/aromatic N) is 1. The number of hydrogen-bond acceptors (Lipinski definition) is 4. The van der Waals surface area contributed by atoms with Crippen molar-refractivity contribution in [1.82, 2.24) is 0 Å². The predicted octanol–water partition coefficient (Wildman–Crippen LogP) is 3.20. The summed E-state index contributed by atoms with van der Waals surface area (Å²) < 4.78 is 11.1. The summed E-state index contributed by atoms with van der Waals surface area (Å²) in [5, 5.41) is 0. The summed E-state index contributed by atoms with van der Waals surface area (Å²) in [6, 6.07) is 11.5. The molecule has 0 N–H and O–H groups in total. The van der Waals surface area contributed by atoms with Crippen LogP contribution in [0.5, 0.6) is 11.5 Å². The number of anilines is 1. The molecule has 134 valence electrons. The van der Waals surface area contributed by atoms with Crippen LogP contribution in [0.25, 0.3) is 0 Å². The highest BCUT2D eigenvalue weighted by molar-refractivity contribution is 6.21. The van der Waals surface area contributed by atoms with E-state index in [9.17, 15) is 9.59 Å². The largest absolute Gasteiger partial charge is 0.486 e. The summed E-state index contributed by atoms with van der Waals surface area (Å²) in [5.74, 6) is 0.585. The average Bonchev–Trinajstić information content (AvgIpc) is 2.87. The summed E-state index contributed by atoms with van der Waals surface area (Å²) in [6.07, 6.45) is 0.814. The molecule has 0 bridgehead atoms. The number of carbonyl (C=O) groups is 2. The van der Waals surface area contributed by atoms with Crippen LogP contribution in [0, 0.1) is 19.8 Å². The quantitative estimate of drug-likeness (QED) is 0.797. The van der Waals surface area contributed by atoms with E-state index < -0.39 is 0 Å². The number of imide groups is 1. The Morgan fingerprint density at radius 3 is 2.38 bits per heavy atom. The lowest BCUT2D eigenvalue weighted by atomic mass is 9.95. The van der Waals surface area contributed by atoms with Gasteiger partial charge in [0.05, 0.1) is 11.6 Å². The van der Waals surface area contributed by atoms with E-state index in [1.165, 1.54) is 16.0 Å². The van der Waals surface area contributed by atoms with Crippen LogP contribution in [-0.2, 0) is 16.0 Å². The lowest BCUT2D eigenvalue weighted by Gasteiger charge is -2.21. The first-order valence-electron chi connectivity index (χ1n) is 8.85. The van der Waals surface area contributed by atoms with E-state index in [4.69, 9.17) is 9.47 Å². The molecule has 0 saturated carbocycles. The van der Waals surface area contributed by atoms with Gasteiger partial charge < -0.3 is 9.47 Å². The predicted molar refractivity (Wildman–Crippen MR) is 97.7 cm³/mol. The van der Waals surface area contributed by atoms with E-state index in [1.807, 2.05) is 13.8 Å². The first-order chi connectivity index (χ1) is 12.5. The Bertz CT molecular complexity index is 869. The zero-order valence-electron chi connectivity index (χ0n) is 15.0. The molecular weight excluding hydrogens is 330 g/mol. The van der Waals surface area contributed by atoms with Crippen LogP contribution in [-0.4, -0.2) is 25.0 Å². The van der Waals surface area contributed by atoms with Crippen molar-refractivity contribution in [1.29, 1.82) is 0 Å². The minimum absolute atomic E-state index is 0.147. The van der Waals surface area contributed by atoms with Gasteiger partial charge >= 0.3 is 0 Å². The van der Waals surface area contributed by atoms with Crippen molar-refractivity contribution in [3.05, 3.63) is 53.1 Å². The summed E-state index contributed by atoms with van der Waals surface area (Å²) in [5.41, 5.74) is 3.98. The molecule has 2 aromatic carbocycles. The van der Waals surface area contributed by atoms with Crippen LogP contribution in [0.4, 0.5) is 5.69 Å². The first-order valence-corrected chi connectivity index (χ1v) is 8.85. The molecule has 4 rings (SSSR count). The molecule has 0 aromatic heterocycles. The highest BCUT2D eigenvalue weighted by Gasteiger charge is 2.39. The van der Waals surface area contributed by atoms with Crippen molar-refractivity contribution >= 4 is 17.5 Å². The second kappa shape index (κ2) is 6.48. The van der Waals surface area contributed by atoms with Gasteiger partial charge in [-0.05, 0) is 38.0 Å². The molecule has 5 nitrogen and oxygen atoms in total. The van der Waals surface area contributed by atoms with E-state index in [2.05, 4.69) is 18.2 Å². The van der Waals surface area contributed by atoms with E-state index in [1.54, 1.807) is 18.2 Å². The molecule has 0 unspecified atom stereocenters. The van der Waals surface area contributed by atoms with Crippen molar-refractivity contribution in [2.75, 3.05) is 18.1 Å². The highest BCUT2D eigenvalue weighted by Crippen LogP contribution is 2.36. The molecule has 1 atom stereocenters. The van der Waals surface area contributed by atoms with Crippen LogP contribution in [0.3, 0.4) is 0 Å². The average molecular weight is 351 g/mol. The van der Waals surface area contributed by atoms with Gasteiger partial charge in [-0.1, -0.05) is 29.3 Å². The molecular formula is C21H21NO4. The number of benzene rings is 2. The van der Waals surface area contributed by atoms with Gasteiger partial charge in [-0.3, -0.25) is 14.5 Å². The monoisotopic (exact) mass is 351 g/mol. The minimum Gasteiger partial charge on any atom is -0.486 e. The van der Waals surface area contributed by atoms with E-state index in [-0.39, 0.29) is 24.2 Å². The van der Waals surface area contributed by atoms with Crippen molar-refractivity contribution in [2.24, 2.45) is 5.92 Å². The van der Waals surface area contributed by atoms with Gasteiger partial charge in [-0.2, -0.15) is 0 Å². The topological polar surface area (TPSA) is 55.8 Å². The Kier molecular flexibility index (Phi) is 4.15. The lowest BCUT2D eigenvalue weighted by Crippen LogP contribution is -2.31. The maximum Gasteiger partial charge on any atom is 0.237 e. The Hall–Kier alpha value is -2.82. The van der Waals surface area contributed by atoms with Gasteiger partial charge in [0, 0.05) is 12.5 Å². The standard InChI is InChI=1S/C21H21NO4/c1-13-7-14(2)9-15(8-13)10-16-11-20(23)22(21(16)24)17-3-4-18-19(12-17)26-6-5-25-18/h3-4,7-9,12,16H,5-6,10-11H2,1-2H3/t16-/m0/s1. The van der Waals surface area contributed by atoms with Crippen molar-refractivity contribution < 1.29 is 19.1 Å². The fourth-order valence-electron chi connectivity index (χ4n) is 3.77. The van der Waals surface area contributed by atoms with Gasteiger partial charge in [0.1, 0.15) is 13.2 Å². The van der Waals surface area contributed by atoms with E-state index in [0.29, 0.717) is 36.8 Å². The molecule has 2 aromatic rings. The van der Waals surface area contributed by atoms with Gasteiger partial charge in [-0.15, -0.1) is 0 Å². The smallest absolute Gasteiger partial charge is 0.237 e. The van der Waals surface area contributed by atoms with Crippen molar-refractivity contribution in [3.63, 3.8) is 0 Å². The van der Waals surface area contributed by atoms with Crippen LogP contribution >= 0.6 is 0 Å². The maximum absolute atomic E-state index is 12.9. The number of amides is 2. The molecule has 2 aliphatic heterocycles. The number of ether oxygens (including phenoxy) is 2. The molecule has 5 heteroatoms. The number of carbonyl (C=O) groups excluding carboxylic acids is 2. The van der Waals surface area contributed by atoms with Gasteiger partial charge in [0.15, 0.2) is 11.5 Å². The number of rotatable bonds is 3. The molecule has 1 saturated heterocycles. The third kappa shape index (κ3) is 3.05. The number of aryl methyl sites for hydroxylation is 2. The van der Waals surface area contributed by atoms with E-state index in [0.717, 1.165) is 5.56 Å². The van der Waals surface area contributed by atoms with Crippen LogP contribution < -0.4 is 14.4 Å². The summed E-state index contributed by atoms with van der Waals surface area (Å²) in [6.45, 7) is 5.05.